The Morgan fingerprint density at radius 3 is 2.70 bits per heavy atom. The van der Waals surface area contributed by atoms with Crippen LogP contribution in [-0.4, -0.2) is 16.6 Å². The van der Waals surface area contributed by atoms with Crippen LogP contribution in [0.1, 0.15) is 10.4 Å². The van der Waals surface area contributed by atoms with E-state index in [1.165, 1.54) is 24.4 Å². The normalized spacial score (nSPS) is 10.6. The second kappa shape index (κ2) is 6.33. The molecule has 0 fully saturated rings. The van der Waals surface area contributed by atoms with Gasteiger partial charge in [0.1, 0.15) is 0 Å². The van der Waals surface area contributed by atoms with E-state index >= 15 is 0 Å². The molecule has 20 heavy (non-hydrogen) atoms. The number of carbonyl (C=O) groups excluding carboxylic acids is 1. The molecule has 0 radical (unpaired) electrons. The minimum atomic E-state index is -2.58. The van der Waals surface area contributed by atoms with E-state index in [0.29, 0.717) is 11.8 Å². The highest BCUT2D eigenvalue weighted by atomic mass is 32.2. The van der Waals surface area contributed by atoms with E-state index in [2.05, 4.69) is 10.3 Å². The lowest BCUT2D eigenvalue weighted by Crippen LogP contribution is -2.16. The van der Waals surface area contributed by atoms with Crippen LogP contribution in [0, 0.1) is 0 Å². The van der Waals surface area contributed by atoms with Crippen LogP contribution in [0.2, 0.25) is 0 Å². The van der Waals surface area contributed by atoms with Gasteiger partial charge in [-0.05, 0) is 18.2 Å². The SMILES string of the molecule is O=C(Nc1ccccc1SC(F)F)c1cc[nH]c(=O)c1. The third-order valence-electron chi connectivity index (χ3n) is 2.39. The predicted molar refractivity (Wildman–Crippen MR) is 73.3 cm³/mol. The van der Waals surface area contributed by atoms with Gasteiger partial charge in [-0.25, -0.2) is 0 Å². The third kappa shape index (κ3) is 3.67. The van der Waals surface area contributed by atoms with E-state index in [-0.39, 0.29) is 16.1 Å². The number of hydrogen-bond acceptors (Lipinski definition) is 3. The Morgan fingerprint density at radius 2 is 2.00 bits per heavy atom. The number of pyridine rings is 1. The summed E-state index contributed by atoms with van der Waals surface area (Å²) < 4.78 is 24.8. The number of H-pyrrole nitrogens is 1. The Balaban J connectivity index is 2.22. The maximum atomic E-state index is 12.4. The first kappa shape index (κ1) is 14.3. The molecule has 104 valence electrons. The standard InChI is InChI=1S/C13H10F2N2O2S/c14-13(15)20-10-4-2-1-3-9(10)17-12(19)8-5-6-16-11(18)7-8/h1-7,13H,(H,16,18)(H,17,19). The molecule has 0 saturated carbocycles. The van der Waals surface area contributed by atoms with Crippen LogP contribution in [-0.2, 0) is 0 Å². The van der Waals surface area contributed by atoms with Crippen LogP contribution in [0.5, 0.6) is 0 Å². The van der Waals surface area contributed by atoms with E-state index in [9.17, 15) is 18.4 Å². The average molecular weight is 296 g/mol. The number of nitrogens with one attached hydrogen (secondary N) is 2. The molecule has 2 N–H and O–H groups in total. The number of para-hydroxylation sites is 1. The Morgan fingerprint density at radius 1 is 1.25 bits per heavy atom. The molecule has 0 aliphatic heterocycles. The summed E-state index contributed by atoms with van der Waals surface area (Å²) in [5.41, 5.74) is 0.0292. The second-order valence-corrected chi connectivity index (χ2v) is 4.80. The Kier molecular flexibility index (Phi) is 4.52. The van der Waals surface area contributed by atoms with Crippen molar-refractivity contribution in [3.63, 3.8) is 0 Å². The van der Waals surface area contributed by atoms with Gasteiger partial charge >= 0.3 is 0 Å². The van der Waals surface area contributed by atoms with E-state index in [1.54, 1.807) is 12.1 Å². The molecule has 1 aromatic heterocycles. The zero-order valence-corrected chi connectivity index (χ0v) is 10.9. The lowest BCUT2D eigenvalue weighted by Gasteiger charge is -2.10. The number of aromatic nitrogens is 1. The van der Waals surface area contributed by atoms with Gasteiger partial charge in [-0.3, -0.25) is 9.59 Å². The maximum Gasteiger partial charge on any atom is 0.288 e. The monoisotopic (exact) mass is 296 g/mol. The van der Waals surface area contributed by atoms with Crippen molar-refractivity contribution in [2.45, 2.75) is 10.7 Å². The zero-order chi connectivity index (χ0) is 14.5. The molecule has 2 rings (SSSR count). The van der Waals surface area contributed by atoms with Crippen molar-refractivity contribution in [2.24, 2.45) is 0 Å². The lowest BCUT2D eigenvalue weighted by atomic mass is 10.2. The number of rotatable bonds is 4. The molecule has 0 aliphatic carbocycles. The van der Waals surface area contributed by atoms with Crippen molar-refractivity contribution in [1.82, 2.24) is 4.98 Å². The van der Waals surface area contributed by atoms with Crippen molar-refractivity contribution in [1.29, 1.82) is 0 Å². The van der Waals surface area contributed by atoms with Gasteiger partial charge in [-0.2, -0.15) is 8.78 Å². The smallest absolute Gasteiger partial charge is 0.288 e. The number of halogens is 2. The molecule has 1 aromatic carbocycles. The highest BCUT2D eigenvalue weighted by Crippen LogP contribution is 2.31. The Hall–Kier alpha value is -2.15. The van der Waals surface area contributed by atoms with Gasteiger partial charge in [0.2, 0.25) is 5.56 Å². The number of amides is 1. The number of carbonyl (C=O) groups is 1. The van der Waals surface area contributed by atoms with E-state index < -0.39 is 17.2 Å². The number of anilines is 1. The molecule has 7 heteroatoms. The molecule has 0 bridgehead atoms. The molecule has 2 aromatic rings. The molecule has 1 heterocycles. The largest absolute Gasteiger partial charge is 0.329 e. The van der Waals surface area contributed by atoms with Crippen LogP contribution in [0.25, 0.3) is 0 Å². The molecule has 0 aliphatic rings. The van der Waals surface area contributed by atoms with Crippen LogP contribution in [0.15, 0.2) is 52.3 Å². The summed E-state index contributed by atoms with van der Waals surface area (Å²) in [4.78, 5) is 25.7. The Bertz CT molecular complexity index is 673. The lowest BCUT2D eigenvalue weighted by molar-refractivity contribution is 0.102. The second-order valence-electron chi connectivity index (χ2n) is 3.77. The van der Waals surface area contributed by atoms with Crippen LogP contribution >= 0.6 is 11.8 Å². The average Bonchev–Trinajstić information content (AvgIpc) is 2.40. The van der Waals surface area contributed by atoms with Gasteiger partial charge in [0.15, 0.2) is 0 Å². The molecule has 0 spiro atoms. The fraction of sp³-hybridized carbons (Fsp3) is 0.0769. The van der Waals surface area contributed by atoms with E-state index in [0.717, 1.165) is 6.07 Å². The third-order valence-corrected chi connectivity index (χ3v) is 3.18. The summed E-state index contributed by atoms with van der Waals surface area (Å²) >= 11 is 0.349. The van der Waals surface area contributed by atoms with Crippen molar-refractivity contribution in [3.05, 3.63) is 58.5 Å². The molecular formula is C13H10F2N2O2S. The summed E-state index contributed by atoms with van der Waals surface area (Å²) in [7, 11) is 0. The van der Waals surface area contributed by atoms with Crippen LogP contribution < -0.4 is 10.9 Å². The summed E-state index contributed by atoms with van der Waals surface area (Å²) in [6.45, 7) is 0. The molecule has 1 amide bonds. The van der Waals surface area contributed by atoms with Gasteiger partial charge in [-0.15, -0.1) is 0 Å². The first-order chi connectivity index (χ1) is 9.56. The van der Waals surface area contributed by atoms with Crippen LogP contribution in [0.4, 0.5) is 14.5 Å². The Labute approximate surface area is 117 Å². The minimum absolute atomic E-state index is 0.158. The fourth-order valence-electron chi connectivity index (χ4n) is 1.55. The molecule has 0 saturated heterocycles. The predicted octanol–water partition coefficient (Wildman–Crippen LogP) is 2.94. The highest BCUT2D eigenvalue weighted by Gasteiger charge is 2.12. The van der Waals surface area contributed by atoms with Gasteiger partial charge in [0.05, 0.1) is 5.69 Å². The summed E-state index contributed by atoms with van der Waals surface area (Å²) in [5.74, 6) is -3.11. The first-order valence-corrected chi connectivity index (χ1v) is 6.48. The quantitative estimate of drug-likeness (QED) is 0.853. The number of aromatic amines is 1. The minimum Gasteiger partial charge on any atom is -0.329 e. The van der Waals surface area contributed by atoms with E-state index in [4.69, 9.17) is 0 Å². The molecule has 0 atom stereocenters. The summed E-state index contributed by atoms with van der Waals surface area (Å²) in [5, 5.41) is 2.51. The van der Waals surface area contributed by atoms with Crippen molar-refractivity contribution in [2.75, 3.05) is 5.32 Å². The number of benzene rings is 1. The van der Waals surface area contributed by atoms with Gasteiger partial charge in [-0.1, -0.05) is 23.9 Å². The van der Waals surface area contributed by atoms with Crippen molar-refractivity contribution < 1.29 is 13.6 Å². The molecular weight excluding hydrogens is 286 g/mol. The highest BCUT2D eigenvalue weighted by molar-refractivity contribution is 7.99. The maximum absolute atomic E-state index is 12.4. The van der Waals surface area contributed by atoms with Gasteiger partial charge in [0.25, 0.3) is 11.7 Å². The van der Waals surface area contributed by atoms with Crippen molar-refractivity contribution >= 4 is 23.4 Å². The first-order valence-electron chi connectivity index (χ1n) is 5.60. The van der Waals surface area contributed by atoms with Gasteiger partial charge < -0.3 is 10.3 Å². The van der Waals surface area contributed by atoms with Crippen LogP contribution in [0.3, 0.4) is 0 Å². The van der Waals surface area contributed by atoms with Gasteiger partial charge in [0, 0.05) is 22.7 Å². The summed E-state index contributed by atoms with van der Waals surface area (Å²) in [6.07, 6.45) is 1.34. The zero-order valence-electron chi connectivity index (χ0n) is 10.1. The van der Waals surface area contributed by atoms with Crippen molar-refractivity contribution in [3.8, 4) is 0 Å². The summed E-state index contributed by atoms with van der Waals surface area (Å²) in [6, 6.07) is 8.81. The fourth-order valence-corrected chi connectivity index (χ4v) is 2.14. The number of hydrogen-bond donors (Lipinski definition) is 2. The molecule has 4 nitrogen and oxygen atoms in total. The number of thioether (sulfide) groups is 1. The number of alkyl halides is 2. The van der Waals surface area contributed by atoms with E-state index in [1.807, 2.05) is 0 Å². The molecule has 0 unspecified atom stereocenters. The topological polar surface area (TPSA) is 62.0 Å².